The average molecular weight is 392 g/mol. The van der Waals surface area contributed by atoms with Crippen molar-refractivity contribution in [2.75, 3.05) is 7.11 Å². The predicted octanol–water partition coefficient (Wildman–Crippen LogP) is 4.41. The van der Waals surface area contributed by atoms with Gasteiger partial charge in [0.05, 0.1) is 29.5 Å². The summed E-state index contributed by atoms with van der Waals surface area (Å²) in [7, 11) is 0.224. The first-order valence-corrected chi connectivity index (χ1v) is 13.0. The van der Waals surface area contributed by atoms with Crippen molar-refractivity contribution in [3.05, 3.63) is 34.1 Å². The van der Waals surface area contributed by atoms with Gasteiger partial charge in [-0.3, -0.25) is 14.9 Å². The number of imidazole rings is 1. The predicted molar refractivity (Wildman–Crippen MR) is 109 cm³/mol. The second-order valence-electron chi connectivity index (χ2n) is 8.34. The zero-order valence-corrected chi connectivity index (χ0v) is 17.8. The molecule has 1 aromatic heterocycles. The number of esters is 1. The molecule has 0 aliphatic carbocycles. The van der Waals surface area contributed by atoms with Gasteiger partial charge in [0.1, 0.15) is 5.82 Å². The molecule has 0 saturated carbocycles. The number of nitro benzene ring substituents is 1. The van der Waals surface area contributed by atoms with Crippen molar-refractivity contribution in [1.82, 2.24) is 9.55 Å². The second-order valence-corrected chi connectivity index (χ2v) is 13.9. The third kappa shape index (κ3) is 5.88. The van der Waals surface area contributed by atoms with E-state index in [1.54, 1.807) is 12.1 Å². The molecule has 148 valence electrons. The first-order valence-electron chi connectivity index (χ1n) is 9.31. The Morgan fingerprint density at radius 3 is 2.67 bits per heavy atom. The number of hydrogen-bond donors (Lipinski definition) is 0. The van der Waals surface area contributed by atoms with Crippen LogP contribution in [-0.4, -0.2) is 35.6 Å². The van der Waals surface area contributed by atoms with Crippen LogP contribution in [0.25, 0.3) is 11.0 Å². The molecule has 0 N–H and O–H groups in total. The molecule has 0 aliphatic heterocycles. The summed E-state index contributed by atoms with van der Waals surface area (Å²) in [6, 6.07) is 5.96. The van der Waals surface area contributed by atoms with Gasteiger partial charge in [-0.15, -0.1) is 0 Å². The van der Waals surface area contributed by atoms with Crippen molar-refractivity contribution in [3.8, 4) is 0 Å². The Morgan fingerprint density at radius 2 is 2.07 bits per heavy atom. The van der Waals surface area contributed by atoms with Gasteiger partial charge in [-0.1, -0.05) is 32.6 Å². The maximum absolute atomic E-state index is 11.5. The SMILES string of the molecule is COC(=O)CCc1nc2ccc([N+](=O)[O-])cc2n1CCC(C)C[Si](C)(C)C. The van der Waals surface area contributed by atoms with Crippen LogP contribution < -0.4 is 0 Å². The molecule has 1 unspecified atom stereocenters. The number of aromatic nitrogens is 2. The summed E-state index contributed by atoms with van der Waals surface area (Å²) in [6.07, 6.45) is 1.67. The highest BCUT2D eigenvalue weighted by atomic mass is 28.3. The van der Waals surface area contributed by atoms with Crippen LogP contribution in [0.2, 0.25) is 25.7 Å². The van der Waals surface area contributed by atoms with Crippen molar-refractivity contribution < 1.29 is 14.5 Å². The van der Waals surface area contributed by atoms with Crippen LogP contribution in [-0.2, 0) is 22.5 Å². The number of aryl methyl sites for hydroxylation is 2. The summed E-state index contributed by atoms with van der Waals surface area (Å²) >= 11 is 0. The van der Waals surface area contributed by atoms with Crippen LogP contribution >= 0.6 is 0 Å². The molecule has 0 fully saturated rings. The highest BCUT2D eigenvalue weighted by Crippen LogP contribution is 2.25. The van der Waals surface area contributed by atoms with E-state index in [-0.39, 0.29) is 18.1 Å². The molecule has 27 heavy (non-hydrogen) atoms. The summed E-state index contributed by atoms with van der Waals surface area (Å²) in [5.41, 5.74) is 1.53. The van der Waals surface area contributed by atoms with Crippen LogP contribution in [0.1, 0.15) is 25.6 Å². The van der Waals surface area contributed by atoms with Gasteiger partial charge in [0, 0.05) is 33.2 Å². The smallest absolute Gasteiger partial charge is 0.305 e. The number of nitrogens with zero attached hydrogens (tertiary/aromatic N) is 3. The van der Waals surface area contributed by atoms with Crippen LogP contribution in [0.3, 0.4) is 0 Å². The van der Waals surface area contributed by atoms with Crippen molar-refractivity contribution in [2.45, 2.75) is 58.4 Å². The molecule has 0 aliphatic rings. The number of nitro groups is 1. The number of fused-ring (bicyclic) bond motifs is 1. The van der Waals surface area contributed by atoms with Crippen LogP contribution in [0, 0.1) is 16.0 Å². The maximum Gasteiger partial charge on any atom is 0.305 e. The number of carbonyl (C=O) groups is 1. The van der Waals surface area contributed by atoms with E-state index in [2.05, 4.69) is 31.5 Å². The number of hydrogen-bond acceptors (Lipinski definition) is 5. The van der Waals surface area contributed by atoms with E-state index in [1.165, 1.54) is 19.2 Å². The number of methoxy groups -OCH3 is 1. The lowest BCUT2D eigenvalue weighted by Gasteiger charge is -2.22. The first-order chi connectivity index (χ1) is 12.6. The van der Waals surface area contributed by atoms with E-state index in [0.717, 1.165) is 29.8 Å². The molecule has 2 rings (SSSR count). The van der Waals surface area contributed by atoms with Crippen molar-refractivity contribution >= 4 is 30.8 Å². The van der Waals surface area contributed by atoms with Gasteiger partial charge in [-0.05, 0) is 18.4 Å². The molecular formula is C19H29N3O4Si. The molecule has 0 saturated heterocycles. The van der Waals surface area contributed by atoms with E-state index in [4.69, 9.17) is 4.74 Å². The lowest BCUT2D eigenvalue weighted by molar-refractivity contribution is -0.384. The molecule has 1 aromatic carbocycles. The Kier molecular flexibility index (Phi) is 6.75. The zero-order chi connectivity index (χ0) is 20.2. The minimum atomic E-state index is -1.14. The topological polar surface area (TPSA) is 87.3 Å². The van der Waals surface area contributed by atoms with Crippen molar-refractivity contribution in [1.29, 1.82) is 0 Å². The Hall–Kier alpha value is -2.22. The second kappa shape index (κ2) is 8.64. The molecular weight excluding hydrogens is 362 g/mol. The fraction of sp³-hybridized carbons (Fsp3) is 0.579. The average Bonchev–Trinajstić information content (AvgIpc) is 2.92. The number of non-ortho nitro benzene ring substituents is 1. The highest BCUT2D eigenvalue weighted by molar-refractivity contribution is 6.76. The number of carbonyl (C=O) groups excluding carboxylic acids is 1. The molecule has 8 heteroatoms. The molecule has 0 radical (unpaired) electrons. The Bertz CT molecular complexity index is 826. The van der Waals surface area contributed by atoms with E-state index < -0.39 is 13.0 Å². The molecule has 2 aromatic rings. The number of benzene rings is 1. The summed E-state index contributed by atoms with van der Waals surface area (Å²) in [5, 5.41) is 11.2. The fourth-order valence-electron chi connectivity index (χ4n) is 3.53. The quantitative estimate of drug-likeness (QED) is 0.273. The third-order valence-corrected chi connectivity index (χ3v) is 6.53. The van der Waals surface area contributed by atoms with Crippen molar-refractivity contribution in [3.63, 3.8) is 0 Å². The van der Waals surface area contributed by atoms with Gasteiger partial charge in [0.25, 0.3) is 5.69 Å². The largest absolute Gasteiger partial charge is 0.469 e. The normalized spacial score (nSPS) is 12.9. The first kappa shape index (κ1) is 21.1. The van der Waals surface area contributed by atoms with Gasteiger partial charge in [-0.25, -0.2) is 4.98 Å². The Balaban J connectivity index is 2.31. The number of ether oxygens (including phenoxy) is 1. The van der Waals surface area contributed by atoms with Gasteiger partial charge in [0.15, 0.2) is 0 Å². The zero-order valence-electron chi connectivity index (χ0n) is 16.8. The standard InChI is InChI=1S/C19H29N3O4Si/c1-14(13-27(3,4)5)10-11-21-17-12-15(22(24)25)6-7-16(17)20-18(21)8-9-19(23)26-2/h6-7,12,14H,8-11,13H2,1-5H3. The third-order valence-electron chi connectivity index (χ3n) is 4.61. The van der Waals surface area contributed by atoms with E-state index in [9.17, 15) is 14.9 Å². The highest BCUT2D eigenvalue weighted by Gasteiger charge is 2.20. The van der Waals surface area contributed by atoms with E-state index in [1.807, 2.05) is 4.57 Å². The minimum absolute atomic E-state index is 0.0540. The molecule has 0 bridgehead atoms. The molecule has 0 spiro atoms. The summed E-state index contributed by atoms with van der Waals surface area (Å²) in [6.45, 7) is 10.1. The fourth-order valence-corrected chi connectivity index (χ4v) is 5.82. The van der Waals surface area contributed by atoms with Gasteiger partial charge in [-0.2, -0.15) is 0 Å². The molecule has 0 amide bonds. The maximum atomic E-state index is 11.5. The molecule has 1 heterocycles. The van der Waals surface area contributed by atoms with E-state index >= 15 is 0 Å². The lowest BCUT2D eigenvalue weighted by Crippen LogP contribution is -2.23. The summed E-state index contributed by atoms with van der Waals surface area (Å²) in [5.74, 6) is 1.06. The van der Waals surface area contributed by atoms with Crippen LogP contribution in [0.4, 0.5) is 5.69 Å². The summed E-state index contributed by atoms with van der Waals surface area (Å²) in [4.78, 5) is 26.9. The van der Waals surface area contributed by atoms with E-state index in [0.29, 0.717) is 12.3 Å². The number of rotatable bonds is 9. The van der Waals surface area contributed by atoms with Crippen LogP contribution in [0.5, 0.6) is 0 Å². The monoisotopic (exact) mass is 391 g/mol. The van der Waals surface area contributed by atoms with Gasteiger partial charge >= 0.3 is 5.97 Å². The van der Waals surface area contributed by atoms with Crippen molar-refractivity contribution in [2.24, 2.45) is 5.92 Å². The lowest BCUT2D eigenvalue weighted by atomic mass is 10.1. The molecule has 1 atom stereocenters. The summed E-state index contributed by atoms with van der Waals surface area (Å²) < 4.78 is 6.76. The Labute approximate surface area is 160 Å². The minimum Gasteiger partial charge on any atom is -0.469 e. The van der Waals surface area contributed by atoms with Gasteiger partial charge in [0.2, 0.25) is 0 Å². The Morgan fingerprint density at radius 1 is 1.37 bits per heavy atom. The van der Waals surface area contributed by atoms with Crippen LogP contribution in [0.15, 0.2) is 18.2 Å². The molecule has 7 nitrogen and oxygen atoms in total. The van der Waals surface area contributed by atoms with Gasteiger partial charge < -0.3 is 9.30 Å².